The third-order valence-corrected chi connectivity index (χ3v) is 18.6. The Morgan fingerprint density at radius 1 is 0.550 bits per heavy atom. The third kappa shape index (κ3) is 21.7. The van der Waals surface area contributed by atoms with E-state index in [2.05, 4.69) is 51.8 Å². The van der Waals surface area contributed by atoms with Gasteiger partial charge in [-0.25, -0.2) is 8.78 Å². The van der Waals surface area contributed by atoms with Gasteiger partial charge in [-0.15, -0.1) is 0 Å². The first-order valence-corrected chi connectivity index (χ1v) is 34.3. The Bertz CT molecular complexity index is 3690. The number of nitrogens with zero attached hydrogens (tertiary/aromatic N) is 1. The summed E-state index contributed by atoms with van der Waals surface area (Å²) in [5, 5.41) is 21.3. The van der Waals surface area contributed by atoms with Gasteiger partial charge in [-0.1, -0.05) is 157 Å². The zero-order valence-corrected chi connectivity index (χ0v) is 60.5. The van der Waals surface area contributed by atoms with E-state index in [9.17, 15) is 28.7 Å². The largest absolute Gasteiger partial charge is 0.454 e. The maximum absolute atomic E-state index is 15.3. The molecule has 2 atom stereocenters. The predicted octanol–water partition coefficient (Wildman–Crippen LogP) is 15.0. The molecule has 2 aliphatic carbocycles. The number of halogens is 2. The SMILES string of the molecule is CC(C)(C)C1Cc2cc(CC(=O)C3(c4ccc5c(c4)OCO5)CC3)c(F)cc2N1.CC(C)(C)C1Cc2cc(CC(=O)C3(c4ccc5c(c4)OCO5)CC3)c(F)cc2N1CCCO.O=CCCOCc1ccccc1.O=CCCOCc1ccccc1.OCCCOCc1ccccc1.[CH3-].[Pd]. The number of anilines is 2. The van der Waals surface area contributed by atoms with E-state index in [1.54, 1.807) is 12.1 Å². The number of hydrogen-bond donors (Lipinski definition) is 3. The van der Waals surface area contributed by atoms with Crippen LogP contribution >= 0.6 is 0 Å². The van der Waals surface area contributed by atoms with E-state index in [1.165, 1.54) is 5.56 Å². The van der Waals surface area contributed by atoms with Gasteiger partial charge in [0.15, 0.2) is 23.0 Å². The monoisotopic (exact) mass is 1460 g/mol. The molecule has 540 valence electrons. The van der Waals surface area contributed by atoms with Crippen LogP contribution in [0, 0.1) is 29.9 Å². The van der Waals surface area contributed by atoms with E-state index < -0.39 is 10.8 Å². The number of aldehydes is 2. The van der Waals surface area contributed by atoms with Crippen molar-refractivity contribution < 1.29 is 91.8 Å². The number of Topliss-reactive ketones (excluding diaryl/α,β-unsaturated/α-hetero) is 2. The molecular weight excluding hydrogens is 1370 g/mol. The molecule has 15 nitrogen and oxygen atoms in total. The Hall–Kier alpha value is -7.66. The summed E-state index contributed by atoms with van der Waals surface area (Å²) >= 11 is 0. The summed E-state index contributed by atoms with van der Waals surface area (Å²) in [4.78, 5) is 48.7. The van der Waals surface area contributed by atoms with Gasteiger partial charge in [-0.05, 0) is 149 Å². The minimum Gasteiger partial charge on any atom is -0.454 e. The average Bonchev–Trinajstić information content (AvgIpc) is 1.62. The summed E-state index contributed by atoms with van der Waals surface area (Å²) in [5.74, 6) is 2.27. The quantitative estimate of drug-likeness (QED) is 0.0201. The van der Waals surface area contributed by atoms with Crippen LogP contribution in [0.25, 0.3) is 0 Å². The number of aliphatic hydroxyl groups is 2. The molecule has 0 spiro atoms. The Morgan fingerprint density at radius 2 is 0.980 bits per heavy atom. The van der Waals surface area contributed by atoms with Crippen LogP contribution in [0.4, 0.5) is 20.2 Å². The van der Waals surface area contributed by atoms with Crippen LogP contribution in [0.1, 0.15) is 143 Å². The van der Waals surface area contributed by atoms with Crippen molar-refractivity contribution in [1.29, 1.82) is 0 Å². The van der Waals surface area contributed by atoms with Crippen molar-refractivity contribution in [2.24, 2.45) is 10.8 Å². The molecule has 4 aliphatic heterocycles. The van der Waals surface area contributed by atoms with Crippen molar-refractivity contribution in [3.63, 3.8) is 0 Å². The maximum Gasteiger partial charge on any atom is 0.231 e. The van der Waals surface area contributed by atoms with Gasteiger partial charge in [0.2, 0.25) is 13.6 Å². The zero-order chi connectivity index (χ0) is 69.7. The molecule has 7 aromatic carbocycles. The number of fused-ring (bicyclic) bond motifs is 4. The first-order chi connectivity index (χ1) is 47.3. The number of carbonyl (C=O) groups excluding carboxylic acids is 4. The normalized spacial score (nSPS) is 16.2. The van der Waals surface area contributed by atoms with Gasteiger partial charge in [-0.3, -0.25) is 9.59 Å². The van der Waals surface area contributed by atoms with Gasteiger partial charge < -0.3 is 70.6 Å². The fourth-order valence-electron chi connectivity index (χ4n) is 12.6. The molecule has 0 saturated heterocycles. The molecule has 4 heterocycles. The molecule has 0 amide bonds. The minimum absolute atomic E-state index is 0. The number of ether oxygens (including phenoxy) is 7. The number of rotatable bonds is 26. The topological polar surface area (TPSA) is 189 Å². The Morgan fingerprint density at radius 3 is 1.40 bits per heavy atom. The second-order valence-corrected chi connectivity index (χ2v) is 27.9. The maximum atomic E-state index is 15.3. The molecular formula is C82H99F2N2O13Pd-. The summed E-state index contributed by atoms with van der Waals surface area (Å²) in [7, 11) is 0. The Kier molecular flexibility index (Phi) is 30.2. The van der Waals surface area contributed by atoms with Crippen LogP contribution in [0.5, 0.6) is 23.0 Å². The number of carbonyl (C=O) groups is 4. The second kappa shape index (κ2) is 37.9. The van der Waals surface area contributed by atoms with Crippen molar-refractivity contribution in [2.45, 2.75) is 161 Å². The molecule has 13 rings (SSSR count). The number of aliphatic hydroxyl groups excluding tert-OH is 2. The molecule has 2 fully saturated rings. The Balaban J connectivity index is 0.000000189. The number of hydrogen-bond acceptors (Lipinski definition) is 15. The second-order valence-electron chi connectivity index (χ2n) is 27.9. The molecule has 2 unspecified atom stereocenters. The standard InChI is InChI=1S/C27H32FNO4.C24H26FNO3.C10H14O2.2C10H12O2.CH3.Pd/c1-26(2,3)24-12-18-11-17(20(28)15-21(18)29(24)9-4-10-30)13-25(31)27(7-8-27)19-5-6-22-23(14-19)33-16-32-22;1-23(2,3)21-9-15-8-14(17(25)12-18(15)26-21)10-22(27)24(6-7-24)16-4-5-19-20(11-16)29-13-28-19;3*11-7-4-8-12-9-10-5-2-1-3-6-10;;/h5-6,11,14-15,24,30H,4,7-10,12-13,16H2,1-3H3;4-5,8,11-12,21,26H,6-7,9-10,13H2,1-3H3;1-3,5-6,11H,4,7-9H2;2*1-3,5-7H,4,8-9H2;1H3;/q;;;;;-1;. The molecule has 7 aromatic rings. The summed E-state index contributed by atoms with van der Waals surface area (Å²) < 4.78 is 67.5. The van der Waals surface area contributed by atoms with Gasteiger partial charge >= 0.3 is 0 Å². The van der Waals surface area contributed by atoms with Crippen molar-refractivity contribution in [2.75, 3.05) is 63.4 Å². The number of nitrogens with one attached hydrogen (secondary N) is 1. The smallest absolute Gasteiger partial charge is 0.231 e. The fourth-order valence-corrected chi connectivity index (χ4v) is 12.6. The molecule has 2 saturated carbocycles. The zero-order valence-electron chi connectivity index (χ0n) is 58.9. The van der Waals surface area contributed by atoms with Gasteiger partial charge in [0, 0.05) is 95.9 Å². The fraction of sp³-hybridized carbons (Fsp3) is 0.427. The number of benzene rings is 7. The van der Waals surface area contributed by atoms with E-state index >= 15 is 4.39 Å². The van der Waals surface area contributed by atoms with Crippen molar-refractivity contribution in [3.05, 3.63) is 221 Å². The molecule has 0 radical (unpaired) electrons. The predicted molar refractivity (Wildman–Crippen MR) is 382 cm³/mol. The summed E-state index contributed by atoms with van der Waals surface area (Å²) in [6, 6.07) is 48.7. The van der Waals surface area contributed by atoms with E-state index in [1.807, 2.05) is 140 Å². The van der Waals surface area contributed by atoms with Crippen LogP contribution < -0.4 is 29.2 Å². The Labute approximate surface area is 603 Å². The first kappa shape index (κ1) is 79.7. The van der Waals surface area contributed by atoms with Crippen LogP contribution in [0.3, 0.4) is 0 Å². The molecule has 6 aliphatic rings. The molecule has 3 N–H and O–H groups in total. The summed E-state index contributed by atoms with van der Waals surface area (Å²) in [6.07, 6.45) is 9.08. The summed E-state index contributed by atoms with van der Waals surface area (Å²) in [5.41, 5.74) is 9.29. The molecule has 100 heavy (non-hydrogen) atoms. The third-order valence-electron chi connectivity index (χ3n) is 18.6. The van der Waals surface area contributed by atoms with E-state index in [-0.39, 0.29) is 114 Å². The van der Waals surface area contributed by atoms with Crippen molar-refractivity contribution in [1.82, 2.24) is 0 Å². The van der Waals surface area contributed by atoms with Gasteiger partial charge in [0.1, 0.15) is 35.8 Å². The van der Waals surface area contributed by atoms with Crippen LogP contribution in [-0.2, 0) is 110 Å². The van der Waals surface area contributed by atoms with Crippen molar-refractivity contribution in [3.8, 4) is 23.0 Å². The van der Waals surface area contributed by atoms with E-state index in [4.69, 9.17) is 38.3 Å². The minimum atomic E-state index is -0.548. The van der Waals surface area contributed by atoms with E-state index in [0.717, 1.165) is 95.9 Å². The molecule has 18 heteroatoms. The van der Waals surface area contributed by atoms with Gasteiger partial charge in [0.05, 0.1) is 43.9 Å². The number of ketones is 2. The molecule has 0 bridgehead atoms. The van der Waals surface area contributed by atoms with E-state index in [0.29, 0.717) is 106 Å². The first-order valence-electron chi connectivity index (χ1n) is 34.3. The molecule has 0 aromatic heterocycles. The van der Waals surface area contributed by atoms with Crippen LogP contribution in [0.15, 0.2) is 152 Å². The van der Waals surface area contributed by atoms with Crippen LogP contribution in [0.2, 0.25) is 0 Å². The average molecular weight is 1470 g/mol. The van der Waals surface area contributed by atoms with Crippen molar-refractivity contribution >= 4 is 35.5 Å². The van der Waals surface area contributed by atoms with Gasteiger partial charge in [-0.2, -0.15) is 0 Å². The van der Waals surface area contributed by atoms with Crippen LogP contribution in [-0.4, -0.2) is 99.6 Å². The van der Waals surface area contributed by atoms with Gasteiger partial charge in [0.25, 0.3) is 0 Å². The summed E-state index contributed by atoms with van der Waals surface area (Å²) in [6.45, 7) is 18.0.